The molecule has 0 aliphatic rings. The van der Waals surface area contributed by atoms with E-state index < -0.39 is 0 Å². The van der Waals surface area contributed by atoms with Crippen LogP contribution < -0.4 is 5.32 Å². The van der Waals surface area contributed by atoms with Gasteiger partial charge in [-0.2, -0.15) is 0 Å². The molecule has 0 aliphatic carbocycles. The van der Waals surface area contributed by atoms with Crippen LogP contribution in [0.15, 0.2) is 35.2 Å². The molecule has 0 saturated heterocycles. The number of amides is 1. The molecule has 0 fully saturated rings. The van der Waals surface area contributed by atoms with Crippen LogP contribution >= 0.6 is 11.6 Å². The van der Waals surface area contributed by atoms with Gasteiger partial charge in [0.1, 0.15) is 6.26 Å². The number of nitrogens with zero attached hydrogens (tertiary/aromatic N) is 1. The number of halogens is 1. The molecule has 0 radical (unpaired) electrons. The maximum atomic E-state index is 11.8. The average molecular weight is 307 g/mol. The number of rotatable bonds is 7. The molecule has 0 aliphatic heterocycles. The average Bonchev–Trinajstić information content (AvgIpc) is 2.98. The minimum atomic E-state index is 0.0768. The Kier molecular flexibility index (Phi) is 5.81. The summed E-state index contributed by atoms with van der Waals surface area (Å²) in [4.78, 5) is 11.8. The van der Waals surface area contributed by atoms with E-state index in [1.807, 2.05) is 25.1 Å². The van der Waals surface area contributed by atoms with E-state index in [4.69, 9.17) is 16.1 Å². The first kappa shape index (κ1) is 15.6. The van der Waals surface area contributed by atoms with Crippen molar-refractivity contribution in [3.8, 4) is 0 Å². The number of aromatic nitrogens is 1. The zero-order valence-corrected chi connectivity index (χ0v) is 12.8. The summed E-state index contributed by atoms with van der Waals surface area (Å²) in [7, 11) is 0. The third-order valence-corrected chi connectivity index (χ3v) is 3.74. The second kappa shape index (κ2) is 7.84. The van der Waals surface area contributed by atoms with Crippen LogP contribution in [0, 0.1) is 6.92 Å². The van der Waals surface area contributed by atoms with Crippen molar-refractivity contribution in [2.75, 3.05) is 6.54 Å². The van der Waals surface area contributed by atoms with Gasteiger partial charge in [0.05, 0.1) is 6.20 Å². The number of carbonyl (C=O) groups excluding carboxylic acids is 1. The van der Waals surface area contributed by atoms with Gasteiger partial charge < -0.3 is 9.84 Å². The molecule has 1 aromatic heterocycles. The zero-order valence-electron chi connectivity index (χ0n) is 12.1. The van der Waals surface area contributed by atoms with Gasteiger partial charge in [-0.25, -0.2) is 0 Å². The fraction of sp³-hybridized carbons (Fsp3) is 0.375. The molecular weight excluding hydrogens is 288 g/mol. The fourth-order valence-electron chi connectivity index (χ4n) is 2.08. The lowest BCUT2D eigenvalue weighted by molar-refractivity contribution is -0.121. The SMILES string of the molecule is Cc1cc(CCC(=O)NCCCc2cnoc2)ccc1Cl. The van der Waals surface area contributed by atoms with Gasteiger partial charge in [0.25, 0.3) is 0 Å². The highest BCUT2D eigenvalue weighted by molar-refractivity contribution is 6.31. The molecule has 1 heterocycles. The minimum absolute atomic E-state index is 0.0768. The Morgan fingerprint density at radius 3 is 2.90 bits per heavy atom. The summed E-state index contributed by atoms with van der Waals surface area (Å²) in [6.45, 7) is 2.64. The Bertz CT molecular complexity index is 582. The van der Waals surface area contributed by atoms with E-state index in [1.165, 1.54) is 0 Å². The second-order valence-corrected chi connectivity index (χ2v) is 5.48. The molecule has 1 aromatic carbocycles. The highest BCUT2D eigenvalue weighted by Crippen LogP contribution is 2.17. The van der Waals surface area contributed by atoms with Crippen molar-refractivity contribution in [2.24, 2.45) is 0 Å². The van der Waals surface area contributed by atoms with Gasteiger partial charge in [-0.1, -0.05) is 28.9 Å². The van der Waals surface area contributed by atoms with E-state index in [2.05, 4.69) is 10.5 Å². The van der Waals surface area contributed by atoms with Crippen molar-refractivity contribution in [3.63, 3.8) is 0 Å². The first-order chi connectivity index (χ1) is 10.1. The largest absolute Gasteiger partial charge is 0.364 e. The molecule has 0 spiro atoms. The van der Waals surface area contributed by atoms with Gasteiger partial charge in [-0.15, -0.1) is 0 Å². The van der Waals surface area contributed by atoms with Gasteiger partial charge in [0.2, 0.25) is 5.91 Å². The summed E-state index contributed by atoms with van der Waals surface area (Å²) in [5.41, 5.74) is 3.24. The number of benzene rings is 1. The van der Waals surface area contributed by atoms with Crippen molar-refractivity contribution < 1.29 is 9.32 Å². The van der Waals surface area contributed by atoms with Crippen LogP contribution in [0.4, 0.5) is 0 Å². The van der Waals surface area contributed by atoms with Crippen LogP contribution in [0.25, 0.3) is 0 Å². The van der Waals surface area contributed by atoms with Crippen molar-refractivity contribution >= 4 is 17.5 Å². The minimum Gasteiger partial charge on any atom is -0.364 e. The predicted octanol–water partition coefficient (Wildman–Crippen LogP) is 3.32. The van der Waals surface area contributed by atoms with Crippen molar-refractivity contribution in [2.45, 2.75) is 32.6 Å². The number of hydrogen-bond acceptors (Lipinski definition) is 3. The lowest BCUT2D eigenvalue weighted by Gasteiger charge is -2.06. The monoisotopic (exact) mass is 306 g/mol. The molecule has 2 rings (SSSR count). The Morgan fingerprint density at radius 2 is 2.19 bits per heavy atom. The van der Waals surface area contributed by atoms with E-state index in [0.717, 1.165) is 41.0 Å². The highest BCUT2D eigenvalue weighted by Gasteiger charge is 2.04. The molecule has 112 valence electrons. The number of nitrogens with one attached hydrogen (secondary N) is 1. The van der Waals surface area contributed by atoms with Gasteiger partial charge in [0, 0.05) is 23.6 Å². The second-order valence-electron chi connectivity index (χ2n) is 5.07. The van der Waals surface area contributed by atoms with E-state index in [-0.39, 0.29) is 5.91 Å². The molecule has 1 N–H and O–H groups in total. The van der Waals surface area contributed by atoms with Crippen LogP contribution in [0.3, 0.4) is 0 Å². The van der Waals surface area contributed by atoms with Crippen LogP contribution in [0.5, 0.6) is 0 Å². The van der Waals surface area contributed by atoms with E-state index in [9.17, 15) is 4.79 Å². The van der Waals surface area contributed by atoms with E-state index in [1.54, 1.807) is 12.5 Å². The van der Waals surface area contributed by atoms with Crippen LogP contribution in [-0.4, -0.2) is 17.6 Å². The predicted molar refractivity (Wildman–Crippen MR) is 82.3 cm³/mol. The van der Waals surface area contributed by atoms with Crippen LogP contribution in [-0.2, 0) is 17.6 Å². The molecule has 5 heteroatoms. The molecule has 0 atom stereocenters. The Morgan fingerprint density at radius 1 is 1.33 bits per heavy atom. The molecule has 4 nitrogen and oxygen atoms in total. The van der Waals surface area contributed by atoms with E-state index in [0.29, 0.717) is 13.0 Å². The fourth-order valence-corrected chi connectivity index (χ4v) is 2.20. The molecule has 2 aromatic rings. The summed E-state index contributed by atoms with van der Waals surface area (Å²) >= 11 is 5.98. The normalized spacial score (nSPS) is 10.6. The summed E-state index contributed by atoms with van der Waals surface area (Å²) in [5.74, 6) is 0.0768. The van der Waals surface area contributed by atoms with Crippen molar-refractivity contribution in [3.05, 3.63) is 52.4 Å². The van der Waals surface area contributed by atoms with Gasteiger partial charge in [-0.3, -0.25) is 4.79 Å². The summed E-state index contributed by atoms with van der Waals surface area (Å²) < 4.78 is 4.75. The third kappa shape index (κ3) is 5.23. The van der Waals surface area contributed by atoms with Gasteiger partial charge in [0.15, 0.2) is 0 Å². The number of aryl methyl sites for hydroxylation is 3. The summed E-state index contributed by atoms with van der Waals surface area (Å²) in [6, 6.07) is 5.87. The summed E-state index contributed by atoms with van der Waals surface area (Å²) in [5, 5.41) is 7.33. The smallest absolute Gasteiger partial charge is 0.220 e. The molecule has 0 bridgehead atoms. The lowest BCUT2D eigenvalue weighted by Crippen LogP contribution is -2.24. The summed E-state index contributed by atoms with van der Waals surface area (Å²) in [6.07, 6.45) is 6.30. The molecule has 1 amide bonds. The van der Waals surface area contributed by atoms with Gasteiger partial charge in [-0.05, 0) is 43.4 Å². The Balaban J connectivity index is 1.64. The van der Waals surface area contributed by atoms with Crippen molar-refractivity contribution in [1.29, 1.82) is 0 Å². The first-order valence-electron chi connectivity index (χ1n) is 7.05. The van der Waals surface area contributed by atoms with Gasteiger partial charge >= 0.3 is 0 Å². The topological polar surface area (TPSA) is 55.1 Å². The zero-order chi connectivity index (χ0) is 15.1. The third-order valence-electron chi connectivity index (χ3n) is 3.31. The van der Waals surface area contributed by atoms with Crippen LogP contribution in [0.2, 0.25) is 5.02 Å². The molecule has 0 saturated carbocycles. The quantitative estimate of drug-likeness (QED) is 0.798. The number of hydrogen-bond donors (Lipinski definition) is 1. The maximum absolute atomic E-state index is 11.8. The van der Waals surface area contributed by atoms with Crippen LogP contribution in [0.1, 0.15) is 29.5 Å². The number of carbonyl (C=O) groups is 1. The molecular formula is C16H19ClN2O2. The first-order valence-corrected chi connectivity index (χ1v) is 7.43. The Hall–Kier alpha value is -1.81. The molecule has 0 unspecified atom stereocenters. The lowest BCUT2D eigenvalue weighted by atomic mass is 10.1. The van der Waals surface area contributed by atoms with E-state index >= 15 is 0 Å². The molecule has 21 heavy (non-hydrogen) atoms. The highest BCUT2D eigenvalue weighted by atomic mass is 35.5. The standard InChI is InChI=1S/C16H19ClN2O2/c1-12-9-13(4-6-15(12)17)5-7-16(20)18-8-2-3-14-10-19-21-11-14/h4,6,9-11H,2-3,5,7-8H2,1H3,(H,18,20). The Labute approximate surface area is 129 Å². The maximum Gasteiger partial charge on any atom is 0.220 e. The van der Waals surface area contributed by atoms with Crippen molar-refractivity contribution in [1.82, 2.24) is 10.5 Å².